The summed E-state index contributed by atoms with van der Waals surface area (Å²) in [5.41, 5.74) is 3.25. The third-order valence-electron chi connectivity index (χ3n) is 4.77. The lowest BCUT2D eigenvalue weighted by Crippen LogP contribution is -2.40. The van der Waals surface area contributed by atoms with Crippen LogP contribution in [-0.4, -0.2) is 47.7 Å². The Labute approximate surface area is 170 Å². The Morgan fingerprint density at radius 1 is 1.21 bits per heavy atom. The zero-order valence-electron chi connectivity index (χ0n) is 16.9. The maximum absolute atomic E-state index is 5.98. The van der Waals surface area contributed by atoms with Crippen molar-refractivity contribution in [2.24, 2.45) is 4.99 Å². The molecule has 1 atom stereocenters. The van der Waals surface area contributed by atoms with Gasteiger partial charge in [-0.05, 0) is 37.6 Å². The van der Waals surface area contributed by atoms with Gasteiger partial charge in [-0.3, -0.25) is 0 Å². The standard InChI is InChI=1S/C22H27N5O2/c1-3-23-22(25-13-18-15-28-19-8-4-5-9-20(19)29-18)24-11-10-17-14-27-12-6-7-16(2)21(27)26-17/h4-9,12,14,18H,3,10-11,13,15H2,1-2H3,(H2,23,24,25). The fraction of sp³-hybridized carbons (Fsp3) is 0.364. The summed E-state index contributed by atoms with van der Waals surface area (Å²) in [5.74, 6) is 2.34. The summed E-state index contributed by atoms with van der Waals surface area (Å²) in [7, 11) is 0. The van der Waals surface area contributed by atoms with Gasteiger partial charge in [0, 0.05) is 31.9 Å². The van der Waals surface area contributed by atoms with Crippen molar-refractivity contribution in [1.29, 1.82) is 0 Å². The molecule has 1 unspecified atom stereocenters. The predicted molar refractivity (Wildman–Crippen MR) is 114 cm³/mol. The number of ether oxygens (including phenoxy) is 2. The molecule has 29 heavy (non-hydrogen) atoms. The molecule has 0 aliphatic carbocycles. The minimum absolute atomic E-state index is 0.0956. The number of aryl methyl sites for hydroxylation is 1. The van der Waals surface area contributed by atoms with Gasteiger partial charge in [-0.15, -0.1) is 0 Å². The molecule has 0 saturated heterocycles. The summed E-state index contributed by atoms with van der Waals surface area (Å²) in [6.07, 6.45) is 4.84. The van der Waals surface area contributed by atoms with Crippen molar-refractivity contribution in [1.82, 2.24) is 20.0 Å². The quantitative estimate of drug-likeness (QED) is 0.498. The van der Waals surface area contributed by atoms with E-state index < -0.39 is 0 Å². The van der Waals surface area contributed by atoms with Crippen molar-refractivity contribution in [2.45, 2.75) is 26.4 Å². The Morgan fingerprint density at radius 2 is 2.07 bits per heavy atom. The molecule has 1 aliphatic rings. The minimum atomic E-state index is -0.0956. The van der Waals surface area contributed by atoms with Gasteiger partial charge in [0.15, 0.2) is 23.6 Å². The third kappa shape index (κ3) is 4.62. The molecule has 4 rings (SSSR count). The highest BCUT2D eigenvalue weighted by Gasteiger charge is 2.20. The molecule has 7 nitrogen and oxygen atoms in total. The van der Waals surface area contributed by atoms with Crippen molar-refractivity contribution in [3.63, 3.8) is 0 Å². The number of benzene rings is 1. The summed E-state index contributed by atoms with van der Waals surface area (Å²) in [4.78, 5) is 9.38. The first-order valence-corrected chi connectivity index (χ1v) is 10.1. The van der Waals surface area contributed by atoms with Gasteiger partial charge in [0.05, 0.1) is 12.2 Å². The highest BCUT2D eigenvalue weighted by molar-refractivity contribution is 5.79. The number of nitrogens with zero attached hydrogens (tertiary/aromatic N) is 3. The van der Waals surface area contributed by atoms with Crippen molar-refractivity contribution in [3.05, 3.63) is 60.0 Å². The molecule has 1 aliphatic heterocycles. The van der Waals surface area contributed by atoms with Gasteiger partial charge in [0.1, 0.15) is 12.3 Å². The first-order chi connectivity index (χ1) is 14.2. The van der Waals surface area contributed by atoms with E-state index in [0.717, 1.165) is 48.3 Å². The number of rotatable bonds is 6. The lowest BCUT2D eigenvalue weighted by molar-refractivity contribution is 0.0971. The molecule has 3 heterocycles. The number of hydrogen-bond acceptors (Lipinski definition) is 4. The Morgan fingerprint density at radius 3 is 2.90 bits per heavy atom. The summed E-state index contributed by atoms with van der Waals surface area (Å²) in [5, 5.41) is 6.66. The topological polar surface area (TPSA) is 72.2 Å². The van der Waals surface area contributed by atoms with Gasteiger partial charge in [0.25, 0.3) is 0 Å². The van der Waals surface area contributed by atoms with E-state index in [1.54, 1.807) is 0 Å². The molecule has 7 heteroatoms. The number of guanidine groups is 1. The van der Waals surface area contributed by atoms with Crippen molar-refractivity contribution < 1.29 is 9.47 Å². The monoisotopic (exact) mass is 393 g/mol. The van der Waals surface area contributed by atoms with Gasteiger partial charge < -0.3 is 24.5 Å². The van der Waals surface area contributed by atoms with Gasteiger partial charge in [0.2, 0.25) is 0 Å². The van der Waals surface area contributed by atoms with Crippen LogP contribution in [0.25, 0.3) is 5.65 Å². The van der Waals surface area contributed by atoms with Crippen LogP contribution in [0.15, 0.2) is 53.8 Å². The molecule has 0 saturated carbocycles. The highest BCUT2D eigenvalue weighted by atomic mass is 16.6. The van der Waals surface area contributed by atoms with Crippen LogP contribution >= 0.6 is 0 Å². The molecule has 2 aromatic heterocycles. The average Bonchev–Trinajstić information content (AvgIpc) is 3.16. The highest BCUT2D eigenvalue weighted by Crippen LogP contribution is 2.30. The van der Waals surface area contributed by atoms with Crippen LogP contribution < -0.4 is 20.1 Å². The largest absolute Gasteiger partial charge is 0.486 e. The van der Waals surface area contributed by atoms with E-state index in [0.29, 0.717) is 13.2 Å². The first-order valence-electron chi connectivity index (χ1n) is 10.1. The van der Waals surface area contributed by atoms with Gasteiger partial charge in [-0.25, -0.2) is 9.98 Å². The SMILES string of the molecule is CCNC(=NCC1COc2ccccc2O1)NCCc1cn2cccc(C)c2n1. The summed E-state index contributed by atoms with van der Waals surface area (Å²) < 4.78 is 13.8. The predicted octanol–water partition coefficient (Wildman–Crippen LogP) is 2.58. The first kappa shape index (κ1) is 19.1. The number of hydrogen-bond donors (Lipinski definition) is 2. The molecule has 152 valence electrons. The van der Waals surface area contributed by atoms with Crippen LogP contribution in [0.2, 0.25) is 0 Å². The number of aliphatic imine (C=N–C) groups is 1. The van der Waals surface area contributed by atoms with Crippen molar-refractivity contribution in [3.8, 4) is 11.5 Å². The average molecular weight is 393 g/mol. The maximum Gasteiger partial charge on any atom is 0.191 e. The number of para-hydroxylation sites is 2. The summed E-state index contributed by atoms with van der Waals surface area (Å²) >= 11 is 0. The van der Waals surface area contributed by atoms with Crippen LogP contribution in [-0.2, 0) is 6.42 Å². The maximum atomic E-state index is 5.98. The number of imidazole rings is 1. The minimum Gasteiger partial charge on any atom is -0.486 e. The lowest BCUT2D eigenvalue weighted by Gasteiger charge is -2.25. The van der Waals surface area contributed by atoms with E-state index in [4.69, 9.17) is 14.5 Å². The zero-order chi connectivity index (χ0) is 20.1. The van der Waals surface area contributed by atoms with Crippen LogP contribution in [0.1, 0.15) is 18.2 Å². The van der Waals surface area contributed by atoms with Crippen LogP contribution in [0.4, 0.5) is 0 Å². The Kier molecular flexibility index (Phi) is 5.84. The molecule has 0 fully saturated rings. The fourth-order valence-corrected chi connectivity index (χ4v) is 3.32. The number of nitrogens with one attached hydrogen (secondary N) is 2. The van der Waals surface area contributed by atoms with E-state index in [1.807, 2.05) is 36.5 Å². The Hall–Kier alpha value is -3.22. The second kappa shape index (κ2) is 8.86. The fourth-order valence-electron chi connectivity index (χ4n) is 3.32. The van der Waals surface area contributed by atoms with Gasteiger partial charge in [-0.2, -0.15) is 0 Å². The molecule has 0 radical (unpaired) electrons. The summed E-state index contributed by atoms with van der Waals surface area (Å²) in [6.45, 7) is 6.70. The normalized spacial score (nSPS) is 16.1. The van der Waals surface area contributed by atoms with E-state index in [9.17, 15) is 0 Å². The lowest BCUT2D eigenvalue weighted by atomic mass is 10.2. The molecular weight excluding hydrogens is 366 g/mol. The van der Waals surface area contributed by atoms with Crippen molar-refractivity contribution in [2.75, 3.05) is 26.2 Å². The second-order valence-electron chi connectivity index (χ2n) is 7.05. The summed E-state index contributed by atoms with van der Waals surface area (Å²) in [6, 6.07) is 11.8. The second-order valence-corrected chi connectivity index (χ2v) is 7.05. The smallest absolute Gasteiger partial charge is 0.191 e. The third-order valence-corrected chi connectivity index (χ3v) is 4.77. The Balaban J connectivity index is 1.32. The van der Waals surface area contributed by atoms with E-state index in [-0.39, 0.29) is 6.10 Å². The van der Waals surface area contributed by atoms with Crippen LogP contribution in [0.3, 0.4) is 0 Å². The molecule has 0 amide bonds. The Bertz CT molecular complexity index is 998. The van der Waals surface area contributed by atoms with Gasteiger partial charge >= 0.3 is 0 Å². The number of fused-ring (bicyclic) bond motifs is 2. The van der Waals surface area contributed by atoms with E-state index in [1.165, 1.54) is 5.56 Å². The molecule has 0 spiro atoms. The van der Waals surface area contributed by atoms with Crippen molar-refractivity contribution >= 4 is 11.6 Å². The zero-order valence-corrected chi connectivity index (χ0v) is 16.9. The van der Waals surface area contributed by atoms with E-state index >= 15 is 0 Å². The molecule has 1 aromatic carbocycles. The molecule has 3 aromatic rings. The molecular formula is C22H27N5O2. The number of pyridine rings is 1. The van der Waals surface area contributed by atoms with Gasteiger partial charge in [-0.1, -0.05) is 18.2 Å². The number of aromatic nitrogens is 2. The molecule has 0 bridgehead atoms. The van der Waals surface area contributed by atoms with Crippen LogP contribution in [0.5, 0.6) is 11.5 Å². The van der Waals surface area contributed by atoms with E-state index in [2.05, 4.69) is 46.1 Å². The molecule has 2 N–H and O–H groups in total. The van der Waals surface area contributed by atoms with Crippen LogP contribution in [0, 0.1) is 6.92 Å².